The molecule has 5 heteroatoms. The van der Waals surface area contributed by atoms with Gasteiger partial charge in [-0.2, -0.15) is 5.26 Å². The fourth-order valence-electron chi connectivity index (χ4n) is 3.74. The number of hydrogen-bond acceptors (Lipinski definition) is 4. The summed E-state index contributed by atoms with van der Waals surface area (Å²) in [5, 5.41) is 9.54. The lowest BCUT2D eigenvalue weighted by atomic mass is 9.86. The fraction of sp³-hybridized carbons (Fsp3) is 0.786. The SMILES string of the molecule is CN1CCC(C#N)(N2C(=O)C3C(C2=O)C3(C)C)CC1. The number of carbonyl (C=O) groups excluding carboxylic acids is 2. The number of hydrogen-bond donors (Lipinski definition) is 0. The zero-order valence-electron chi connectivity index (χ0n) is 11.6. The third kappa shape index (κ3) is 1.44. The molecule has 0 radical (unpaired) electrons. The first-order valence-electron chi connectivity index (χ1n) is 6.83. The normalized spacial score (nSPS) is 36.0. The number of rotatable bonds is 1. The van der Waals surface area contributed by atoms with Crippen molar-refractivity contribution < 1.29 is 9.59 Å². The van der Waals surface area contributed by atoms with E-state index in [0.29, 0.717) is 12.8 Å². The Kier molecular flexibility index (Phi) is 2.37. The van der Waals surface area contributed by atoms with Gasteiger partial charge in [0, 0.05) is 13.1 Å². The molecule has 0 aromatic rings. The summed E-state index contributed by atoms with van der Waals surface area (Å²) in [7, 11) is 2.00. The van der Waals surface area contributed by atoms with Crippen molar-refractivity contribution in [2.75, 3.05) is 20.1 Å². The van der Waals surface area contributed by atoms with Crippen LogP contribution in [0.15, 0.2) is 0 Å². The second kappa shape index (κ2) is 3.57. The van der Waals surface area contributed by atoms with Crippen LogP contribution in [0.4, 0.5) is 0 Å². The molecular weight excluding hydrogens is 242 g/mol. The molecule has 2 unspecified atom stereocenters. The topological polar surface area (TPSA) is 64.4 Å². The Bertz CT molecular complexity index is 473. The zero-order valence-corrected chi connectivity index (χ0v) is 11.6. The Morgan fingerprint density at radius 3 is 2.05 bits per heavy atom. The van der Waals surface area contributed by atoms with Gasteiger partial charge in [0.2, 0.25) is 11.8 Å². The van der Waals surface area contributed by atoms with Crippen LogP contribution in [0.3, 0.4) is 0 Å². The van der Waals surface area contributed by atoms with Gasteiger partial charge in [-0.15, -0.1) is 0 Å². The highest BCUT2D eigenvalue weighted by atomic mass is 16.2. The first-order chi connectivity index (χ1) is 8.85. The summed E-state index contributed by atoms with van der Waals surface area (Å²) >= 11 is 0. The van der Waals surface area contributed by atoms with E-state index in [4.69, 9.17) is 0 Å². The van der Waals surface area contributed by atoms with E-state index in [0.717, 1.165) is 13.1 Å². The Labute approximate surface area is 113 Å². The van der Waals surface area contributed by atoms with Gasteiger partial charge in [-0.1, -0.05) is 13.8 Å². The van der Waals surface area contributed by atoms with Crippen molar-refractivity contribution in [1.29, 1.82) is 5.26 Å². The number of carbonyl (C=O) groups is 2. The molecule has 2 amide bonds. The first-order valence-corrected chi connectivity index (χ1v) is 6.83. The quantitative estimate of drug-likeness (QED) is 0.649. The number of nitriles is 1. The van der Waals surface area contributed by atoms with Crippen molar-refractivity contribution in [3.63, 3.8) is 0 Å². The number of amides is 2. The summed E-state index contributed by atoms with van der Waals surface area (Å²) in [5.74, 6) is -0.619. The van der Waals surface area contributed by atoms with Crippen LogP contribution in [0.25, 0.3) is 0 Å². The van der Waals surface area contributed by atoms with E-state index < -0.39 is 5.54 Å². The van der Waals surface area contributed by atoms with Crippen molar-refractivity contribution in [2.24, 2.45) is 17.3 Å². The number of fused-ring (bicyclic) bond motifs is 1. The average Bonchev–Trinajstić information content (AvgIpc) is 2.82. The van der Waals surface area contributed by atoms with Crippen molar-refractivity contribution in [3.05, 3.63) is 0 Å². The summed E-state index contributed by atoms with van der Waals surface area (Å²) in [6, 6.07) is 2.27. The molecule has 0 N–H and O–H groups in total. The minimum atomic E-state index is -0.899. The molecular formula is C14H19N3O2. The van der Waals surface area contributed by atoms with Crippen molar-refractivity contribution >= 4 is 11.8 Å². The van der Waals surface area contributed by atoms with E-state index in [-0.39, 0.29) is 29.1 Å². The van der Waals surface area contributed by atoms with Gasteiger partial charge in [0.1, 0.15) is 5.54 Å². The van der Waals surface area contributed by atoms with Crippen LogP contribution < -0.4 is 0 Å². The van der Waals surface area contributed by atoms with Gasteiger partial charge >= 0.3 is 0 Å². The van der Waals surface area contributed by atoms with Crippen molar-refractivity contribution in [3.8, 4) is 6.07 Å². The standard InChI is InChI=1S/C14H19N3O2/c1-13(2)9-10(13)12(19)17(11(9)18)14(8-15)4-6-16(3)7-5-14/h9-10H,4-7H2,1-3H3. The molecule has 1 saturated carbocycles. The minimum absolute atomic E-state index is 0.119. The van der Waals surface area contributed by atoms with Crippen LogP contribution in [0.1, 0.15) is 26.7 Å². The van der Waals surface area contributed by atoms with Gasteiger partial charge in [-0.25, -0.2) is 0 Å². The van der Waals surface area contributed by atoms with Crippen LogP contribution in [0.2, 0.25) is 0 Å². The lowest BCUT2D eigenvalue weighted by Crippen LogP contribution is -2.57. The first kappa shape index (κ1) is 12.6. The van der Waals surface area contributed by atoms with E-state index in [9.17, 15) is 14.9 Å². The Balaban J connectivity index is 1.89. The van der Waals surface area contributed by atoms with E-state index in [1.165, 1.54) is 4.90 Å². The monoisotopic (exact) mass is 261 g/mol. The second-order valence-electron chi connectivity index (χ2n) is 6.74. The third-order valence-corrected chi connectivity index (χ3v) is 5.25. The molecule has 2 atom stereocenters. The largest absolute Gasteiger partial charge is 0.306 e. The molecule has 3 rings (SSSR count). The molecule has 3 fully saturated rings. The zero-order chi connectivity index (χ0) is 14.0. The van der Waals surface area contributed by atoms with E-state index in [1.807, 2.05) is 20.9 Å². The molecule has 2 heterocycles. The van der Waals surface area contributed by atoms with Crippen molar-refractivity contribution in [1.82, 2.24) is 9.80 Å². The van der Waals surface area contributed by atoms with Crippen LogP contribution in [0.5, 0.6) is 0 Å². The Morgan fingerprint density at radius 2 is 1.63 bits per heavy atom. The highest BCUT2D eigenvalue weighted by Crippen LogP contribution is 2.64. The van der Waals surface area contributed by atoms with E-state index in [1.54, 1.807) is 0 Å². The maximum Gasteiger partial charge on any atom is 0.235 e. The third-order valence-electron chi connectivity index (χ3n) is 5.25. The molecule has 5 nitrogen and oxygen atoms in total. The van der Waals surface area contributed by atoms with Gasteiger partial charge in [-0.05, 0) is 25.3 Å². The number of nitrogens with zero attached hydrogens (tertiary/aromatic N) is 3. The fourth-order valence-corrected chi connectivity index (χ4v) is 3.74. The molecule has 2 saturated heterocycles. The number of likely N-dealkylation sites (tertiary alicyclic amines) is 2. The van der Waals surface area contributed by atoms with E-state index >= 15 is 0 Å². The van der Waals surface area contributed by atoms with Crippen LogP contribution >= 0.6 is 0 Å². The molecule has 0 aromatic heterocycles. The van der Waals surface area contributed by atoms with Gasteiger partial charge in [0.25, 0.3) is 0 Å². The van der Waals surface area contributed by atoms with Gasteiger partial charge in [-0.3, -0.25) is 14.5 Å². The molecule has 0 aromatic carbocycles. The molecule has 1 aliphatic carbocycles. The highest BCUT2D eigenvalue weighted by Gasteiger charge is 2.74. The molecule has 0 spiro atoms. The van der Waals surface area contributed by atoms with Gasteiger partial charge < -0.3 is 4.90 Å². The summed E-state index contributed by atoms with van der Waals surface area (Å²) in [6.45, 7) is 5.43. The predicted octanol–water partition coefficient (Wildman–Crippen LogP) is 0.615. The summed E-state index contributed by atoms with van der Waals surface area (Å²) in [6.07, 6.45) is 1.13. The van der Waals surface area contributed by atoms with Crippen molar-refractivity contribution in [2.45, 2.75) is 32.2 Å². The molecule has 0 bridgehead atoms. The summed E-state index contributed by atoms with van der Waals surface area (Å²) in [5.41, 5.74) is -1.10. The Morgan fingerprint density at radius 1 is 1.16 bits per heavy atom. The maximum absolute atomic E-state index is 12.5. The van der Waals surface area contributed by atoms with E-state index in [2.05, 4.69) is 11.0 Å². The van der Waals surface area contributed by atoms with Crippen LogP contribution in [-0.4, -0.2) is 47.3 Å². The highest BCUT2D eigenvalue weighted by molar-refractivity contribution is 6.11. The summed E-state index contributed by atoms with van der Waals surface area (Å²) < 4.78 is 0. The lowest BCUT2D eigenvalue weighted by molar-refractivity contribution is -0.150. The van der Waals surface area contributed by atoms with Gasteiger partial charge in [0.05, 0.1) is 17.9 Å². The molecule has 19 heavy (non-hydrogen) atoms. The molecule has 102 valence electrons. The van der Waals surface area contributed by atoms with Crippen LogP contribution in [0, 0.1) is 28.6 Å². The second-order valence-corrected chi connectivity index (χ2v) is 6.74. The number of piperidine rings is 2. The maximum atomic E-state index is 12.5. The smallest absolute Gasteiger partial charge is 0.235 e. The summed E-state index contributed by atoms with van der Waals surface area (Å²) in [4.78, 5) is 28.4. The molecule has 2 aliphatic heterocycles. The van der Waals surface area contributed by atoms with Gasteiger partial charge in [0.15, 0.2) is 0 Å². The lowest BCUT2D eigenvalue weighted by Gasteiger charge is -2.41. The Hall–Kier alpha value is -1.41. The minimum Gasteiger partial charge on any atom is -0.306 e. The van der Waals surface area contributed by atoms with Crippen LogP contribution in [-0.2, 0) is 9.59 Å². The average molecular weight is 261 g/mol. The predicted molar refractivity (Wildman–Crippen MR) is 67.7 cm³/mol. The number of imide groups is 1. The molecule has 3 aliphatic rings.